The van der Waals surface area contributed by atoms with E-state index in [0.29, 0.717) is 5.56 Å². The van der Waals surface area contributed by atoms with Crippen molar-refractivity contribution in [3.05, 3.63) is 71.8 Å². The molecule has 6 nitrogen and oxygen atoms in total. The van der Waals surface area contributed by atoms with Gasteiger partial charge in [0.2, 0.25) is 7.37 Å². The van der Waals surface area contributed by atoms with Crippen LogP contribution in [0.5, 0.6) is 0 Å². The third-order valence-corrected chi connectivity index (χ3v) is 5.98. The lowest BCUT2D eigenvalue weighted by molar-refractivity contribution is -0.136. The second-order valence-electron chi connectivity index (χ2n) is 6.45. The van der Waals surface area contributed by atoms with E-state index in [9.17, 15) is 19.0 Å². The molecule has 7 heteroatoms. The summed E-state index contributed by atoms with van der Waals surface area (Å²) in [5, 5.41) is 11.6. The fourth-order valence-corrected chi connectivity index (χ4v) is 4.72. The van der Waals surface area contributed by atoms with E-state index in [-0.39, 0.29) is 37.6 Å². The van der Waals surface area contributed by atoms with Crippen LogP contribution in [0.25, 0.3) is 0 Å². The van der Waals surface area contributed by atoms with Gasteiger partial charge in [-0.1, -0.05) is 60.7 Å². The van der Waals surface area contributed by atoms with Gasteiger partial charge in [0.05, 0.1) is 6.42 Å². The first kappa shape index (κ1) is 21.0. The minimum atomic E-state index is -3.59. The number of rotatable bonds is 11. The molecule has 3 N–H and O–H groups in total. The van der Waals surface area contributed by atoms with Crippen molar-refractivity contribution < 1.29 is 24.2 Å². The van der Waals surface area contributed by atoms with Crippen molar-refractivity contribution in [1.82, 2.24) is 5.32 Å². The van der Waals surface area contributed by atoms with Crippen LogP contribution in [0.1, 0.15) is 22.3 Å². The molecule has 0 heterocycles. The van der Waals surface area contributed by atoms with Gasteiger partial charge < -0.3 is 15.3 Å². The van der Waals surface area contributed by atoms with Crippen LogP contribution in [0.4, 0.5) is 0 Å². The van der Waals surface area contributed by atoms with Gasteiger partial charge in [-0.3, -0.25) is 14.2 Å². The van der Waals surface area contributed by atoms with E-state index in [0.717, 1.165) is 5.56 Å². The summed E-state index contributed by atoms with van der Waals surface area (Å²) in [6, 6.07) is 17.6. The Morgan fingerprint density at radius 1 is 1.00 bits per heavy atom. The number of Topliss-reactive ketones (excluding diaryl/α,β-unsaturated/α-hetero) is 1. The van der Waals surface area contributed by atoms with Crippen LogP contribution in [0.2, 0.25) is 0 Å². The van der Waals surface area contributed by atoms with Crippen LogP contribution in [0.3, 0.4) is 0 Å². The second kappa shape index (κ2) is 10.2. The third kappa shape index (κ3) is 7.47. The van der Waals surface area contributed by atoms with Crippen molar-refractivity contribution in [2.45, 2.75) is 12.6 Å². The summed E-state index contributed by atoms with van der Waals surface area (Å²) in [5.41, 5.74) is 1.22. The van der Waals surface area contributed by atoms with Gasteiger partial charge in [-0.25, -0.2) is 0 Å². The molecule has 0 aliphatic heterocycles. The summed E-state index contributed by atoms with van der Waals surface area (Å²) >= 11 is 0. The lowest BCUT2D eigenvalue weighted by atomic mass is 9.99. The summed E-state index contributed by atoms with van der Waals surface area (Å²) in [6.45, 7) is 0.350. The molecule has 0 saturated heterocycles. The molecule has 0 radical (unpaired) electrons. The Hall–Kier alpha value is -2.27. The first-order chi connectivity index (χ1) is 12.9. The molecule has 2 rings (SSSR count). The number of hydrogen-bond donors (Lipinski definition) is 3. The second-order valence-corrected chi connectivity index (χ2v) is 8.82. The Kier molecular flexibility index (Phi) is 7.92. The SMILES string of the molecule is O=C(O)CCNCC(CP(=O)(O)Cc1ccccc1)C(=O)c1ccccc1. The minimum Gasteiger partial charge on any atom is -0.481 e. The van der Waals surface area contributed by atoms with Crippen LogP contribution < -0.4 is 5.32 Å². The molecule has 144 valence electrons. The molecule has 0 amide bonds. The van der Waals surface area contributed by atoms with Gasteiger partial charge in [0.1, 0.15) is 0 Å². The maximum Gasteiger partial charge on any atom is 0.304 e. The van der Waals surface area contributed by atoms with Gasteiger partial charge >= 0.3 is 5.97 Å². The molecule has 27 heavy (non-hydrogen) atoms. The average Bonchev–Trinajstić information content (AvgIpc) is 2.64. The molecule has 0 spiro atoms. The normalized spacial score (nSPS) is 14.3. The monoisotopic (exact) mass is 389 g/mol. The highest BCUT2D eigenvalue weighted by molar-refractivity contribution is 7.57. The fourth-order valence-electron chi connectivity index (χ4n) is 2.83. The van der Waals surface area contributed by atoms with E-state index in [4.69, 9.17) is 5.11 Å². The number of nitrogens with one attached hydrogen (secondary N) is 1. The summed E-state index contributed by atoms with van der Waals surface area (Å²) in [7, 11) is -3.59. The molecule has 0 aliphatic rings. The van der Waals surface area contributed by atoms with E-state index >= 15 is 0 Å². The Morgan fingerprint density at radius 2 is 1.59 bits per heavy atom. The number of benzene rings is 2. The first-order valence-corrected chi connectivity index (χ1v) is 10.8. The first-order valence-electron chi connectivity index (χ1n) is 8.74. The molecule has 0 fully saturated rings. The van der Waals surface area contributed by atoms with Gasteiger partial charge in [-0.2, -0.15) is 0 Å². The molecule has 2 aromatic rings. The van der Waals surface area contributed by atoms with Gasteiger partial charge in [0.15, 0.2) is 5.78 Å². The molecule has 0 aromatic heterocycles. The highest BCUT2D eigenvalue weighted by atomic mass is 31.2. The number of aliphatic carboxylic acids is 1. The molecule has 0 saturated carbocycles. The third-order valence-electron chi connectivity index (χ3n) is 4.11. The van der Waals surface area contributed by atoms with Crippen molar-refractivity contribution in [1.29, 1.82) is 0 Å². The number of carboxylic acids is 1. The molecule has 0 aliphatic carbocycles. The summed E-state index contributed by atoms with van der Waals surface area (Å²) in [6.07, 6.45) is -0.232. The number of ketones is 1. The van der Waals surface area contributed by atoms with E-state index < -0.39 is 19.3 Å². The molecule has 2 unspecified atom stereocenters. The zero-order chi connectivity index (χ0) is 19.7. The van der Waals surface area contributed by atoms with Gasteiger partial charge in [-0.15, -0.1) is 0 Å². The highest BCUT2D eigenvalue weighted by Gasteiger charge is 2.29. The van der Waals surface area contributed by atoms with Gasteiger partial charge in [0, 0.05) is 36.9 Å². The topological polar surface area (TPSA) is 104 Å². The van der Waals surface area contributed by atoms with Crippen molar-refractivity contribution >= 4 is 19.1 Å². The van der Waals surface area contributed by atoms with Crippen molar-refractivity contribution in [3.8, 4) is 0 Å². The van der Waals surface area contributed by atoms with Gasteiger partial charge in [-0.05, 0) is 5.56 Å². The summed E-state index contributed by atoms with van der Waals surface area (Å²) in [5.74, 6) is -1.87. The van der Waals surface area contributed by atoms with Crippen LogP contribution in [0, 0.1) is 5.92 Å². The number of hydrogen-bond acceptors (Lipinski definition) is 4. The Morgan fingerprint density at radius 3 is 2.19 bits per heavy atom. The number of carbonyl (C=O) groups is 2. The Bertz CT molecular complexity index is 795. The molecular weight excluding hydrogens is 365 g/mol. The quantitative estimate of drug-likeness (QED) is 0.310. The molecule has 2 atom stereocenters. The zero-order valence-corrected chi connectivity index (χ0v) is 15.8. The van der Waals surface area contributed by atoms with Crippen molar-refractivity contribution in [2.24, 2.45) is 5.92 Å². The molecule has 0 bridgehead atoms. The van der Waals surface area contributed by atoms with Crippen LogP contribution in [-0.2, 0) is 15.5 Å². The van der Waals surface area contributed by atoms with Crippen LogP contribution in [0.15, 0.2) is 60.7 Å². The van der Waals surface area contributed by atoms with E-state index in [1.54, 1.807) is 54.6 Å². The Balaban J connectivity index is 2.09. The number of carboxylic acid groups (broad SMARTS) is 1. The molecular formula is C20H24NO5P. The smallest absolute Gasteiger partial charge is 0.304 e. The van der Waals surface area contributed by atoms with E-state index in [2.05, 4.69) is 5.32 Å². The van der Waals surface area contributed by atoms with E-state index in [1.807, 2.05) is 6.07 Å². The average molecular weight is 389 g/mol. The maximum absolute atomic E-state index is 12.8. The largest absolute Gasteiger partial charge is 0.481 e. The minimum absolute atomic E-state index is 0.00152. The van der Waals surface area contributed by atoms with Crippen LogP contribution >= 0.6 is 7.37 Å². The lowest BCUT2D eigenvalue weighted by Crippen LogP contribution is -2.32. The predicted octanol–water partition coefficient (Wildman–Crippen LogP) is 3.02. The van der Waals surface area contributed by atoms with Crippen molar-refractivity contribution in [3.63, 3.8) is 0 Å². The Labute approximate surface area is 158 Å². The zero-order valence-electron chi connectivity index (χ0n) is 15.0. The standard InChI is InChI=1S/C20H24NO5P/c22-19(23)11-12-21-13-18(20(24)17-9-5-2-6-10-17)15-27(25,26)14-16-7-3-1-4-8-16/h1-10,18,21H,11-15H2,(H,22,23)(H,25,26). The highest BCUT2D eigenvalue weighted by Crippen LogP contribution is 2.46. The predicted molar refractivity (Wildman–Crippen MR) is 104 cm³/mol. The molecule has 2 aromatic carbocycles. The number of carbonyl (C=O) groups excluding carboxylic acids is 1. The van der Waals surface area contributed by atoms with Gasteiger partial charge in [0.25, 0.3) is 0 Å². The summed E-state index contributed by atoms with van der Waals surface area (Å²) in [4.78, 5) is 33.9. The van der Waals surface area contributed by atoms with Crippen molar-refractivity contribution in [2.75, 3.05) is 19.3 Å². The van der Waals surface area contributed by atoms with E-state index in [1.165, 1.54) is 0 Å². The maximum atomic E-state index is 12.8. The lowest BCUT2D eigenvalue weighted by Gasteiger charge is -2.20. The summed E-state index contributed by atoms with van der Waals surface area (Å²) < 4.78 is 12.8. The van der Waals surface area contributed by atoms with Crippen LogP contribution in [-0.4, -0.2) is 41.0 Å². The fraction of sp³-hybridized carbons (Fsp3) is 0.300.